The summed E-state index contributed by atoms with van der Waals surface area (Å²) in [6.07, 6.45) is 1.35. The van der Waals surface area contributed by atoms with Crippen LogP contribution in [-0.2, 0) is 11.2 Å². The molecule has 6 heteroatoms. The minimum Gasteiger partial charge on any atom is -0.355 e. The summed E-state index contributed by atoms with van der Waals surface area (Å²) in [5.74, 6) is 0.168. The molecule has 0 unspecified atom stereocenters. The summed E-state index contributed by atoms with van der Waals surface area (Å²) in [4.78, 5) is 23.3. The molecule has 5 nitrogen and oxygen atoms in total. The Bertz CT molecular complexity index is 492. The predicted octanol–water partition coefficient (Wildman–Crippen LogP) is 1.50. The van der Waals surface area contributed by atoms with Crippen molar-refractivity contribution in [3.8, 4) is 0 Å². The van der Waals surface area contributed by atoms with Crippen LogP contribution in [0, 0.1) is 5.92 Å². The van der Waals surface area contributed by atoms with Crippen LogP contribution in [0.2, 0.25) is 0 Å². The normalized spacial score (nSPS) is 11.5. The number of carbonyl (C=O) groups excluding carboxylic acids is 2. The third kappa shape index (κ3) is 6.91. The second-order valence-electron chi connectivity index (χ2n) is 5.56. The van der Waals surface area contributed by atoms with Crippen LogP contribution in [0.3, 0.4) is 0 Å². The first-order valence-corrected chi connectivity index (χ1v) is 7.28. The molecule has 0 aliphatic carbocycles. The molecule has 0 saturated heterocycles. The zero-order valence-electron chi connectivity index (χ0n) is 13.4. The molecule has 0 radical (unpaired) electrons. The highest BCUT2D eigenvalue weighted by Gasteiger charge is 2.14. The molecule has 0 saturated carbocycles. The molecule has 0 fully saturated rings. The van der Waals surface area contributed by atoms with E-state index in [2.05, 4.69) is 10.6 Å². The van der Waals surface area contributed by atoms with E-state index in [0.717, 1.165) is 5.56 Å². The Hall–Kier alpha value is -1.59. The van der Waals surface area contributed by atoms with E-state index in [0.29, 0.717) is 30.9 Å². The fourth-order valence-electron chi connectivity index (χ4n) is 2.09. The largest absolute Gasteiger partial charge is 0.355 e. The van der Waals surface area contributed by atoms with E-state index >= 15 is 0 Å². The fraction of sp³-hybridized carbons (Fsp3) is 0.500. The third-order valence-electron chi connectivity index (χ3n) is 3.19. The molecule has 2 amide bonds. The first-order valence-electron chi connectivity index (χ1n) is 7.28. The third-order valence-corrected chi connectivity index (χ3v) is 3.19. The van der Waals surface area contributed by atoms with Crippen molar-refractivity contribution in [2.45, 2.75) is 32.7 Å². The summed E-state index contributed by atoms with van der Waals surface area (Å²) < 4.78 is 0. The van der Waals surface area contributed by atoms with Gasteiger partial charge in [0.15, 0.2) is 0 Å². The number of rotatable bonds is 7. The van der Waals surface area contributed by atoms with E-state index in [4.69, 9.17) is 5.73 Å². The van der Waals surface area contributed by atoms with Gasteiger partial charge in [-0.2, -0.15) is 0 Å². The Labute approximate surface area is 138 Å². The number of hydrogen-bond acceptors (Lipinski definition) is 3. The lowest BCUT2D eigenvalue weighted by atomic mass is 10.0. The molecule has 0 bridgehead atoms. The number of amides is 2. The molecule has 1 rings (SSSR count). The number of benzene rings is 1. The van der Waals surface area contributed by atoms with Crippen molar-refractivity contribution in [1.82, 2.24) is 10.6 Å². The zero-order chi connectivity index (χ0) is 15.8. The van der Waals surface area contributed by atoms with Gasteiger partial charge in [0.1, 0.15) is 0 Å². The van der Waals surface area contributed by atoms with Gasteiger partial charge in [0.05, 0.1) is 6.04 Å². The highest BCUT2D eigenvalue weighted by molar-refractivity contribution is 5.94. The molecule has 1 aromatic rings. The molecule has 4 N–H and O–H groups in total. The smallest absolute Gasteiger partial charge is 0.251 e. The van der Waals surface area contributed by atoms with E-state index in [1.807, 2.05) is 32.0 Å². The lowest BCUT2D eigenvalue weighted by Crippen LogP contribution is -2.42. The van der Waals surface area contributed by atoms with Gasteiger partial charge in [0.25, 0.3) is 5.91 Å². The van der Waals surface area contributed by atoms with E-state index < -0.39 is 6.04 Å². The first-order chi connectivity index (χ1) is 9.93. The van der Waals surface area contributed by atoms with Crippen LogP contribution in [0.4, 0.5) is 0 Å². The van der Waals surface area contributed by atoms with Crippen molar-refractivity contribution in [2.24, 2.45) is 11.7 Å². The number of carbonyl (C=O) groups is 2. The van der Waals surface area contributed by atoms with Crippen molar-refractivity contribution < 1.29 is 9.59 Å². The number of hydrogen-bond donors (Lipinski definition) is 3. The van der Waals surface area contributed by atoms with Crippen LogP contribution in [-0.4, -0.2) is 31.4 Å². The molecule has 1 atom stereocenters. The average Bonchev–Trinajstić information content (AvgIpc) is 2.45. The van der Waals surface area contributed by atoms with Crippen LogP contribution >= 0.6 is 12.4 Å². The monoisotopic (exact) mass is 327 g/mol. The summed E-state index contributed by atoms with van der Waals surface area (Å²) in [5, 5.41) is 5.43. The summed E-state index contributed by atoms with van der Waals surface area (Å²) in [6, 6.07) is 6.92. The topological polar surface area (TPSA) is 84.2 Å². The number of halogens is 1. The maximum absolute atomic E-state index is 11.8. The lowest BCUT2D eigenvalue weighted by Gasteiger charge is -2.14. The highest BCUT2D eigenvalue weighted by atomic mass is 35.5. The minimum atomic E-state index is -0.456. The van der Waals surface area contributed by atoms with Crippen LogP contribution in [0.1, 0.15) is 36.2 Å². The van der Waals surface area contributed by atoms with Gasteiger partial charge in [-0.05, 0) is 36.5 Å². The molecule has 22 heavy (non-hydrogen) atoms. The van der Waals surface area contributed by atoms with E-state index in [-0.39, 0.29) is 24.2 Å². The summed E-state index contributed by atoms with van der Waals surface area (Å²) in [7, 11) is 1.60. The van der Waals surface area contributed by atoms with Crippen LogP contribution in [0.25, 0.3) is 0 Å². The van der Waals surface area contributed by atoms with Crippen molar-refractivity contribution in [3.05, 3.63) is 35.4 Å². The summed E-state index contributed by atoms with van der Waals surface area (Å²) in [5.41, 5.74) is 7.45. The van der Waals surface area contributed by atoms with Crippen LogP contribution < -0.4 is 16.4 Å². The van der Waals surface area contributed by atoms with Gasteiger partial charge < -0.3 is 16.4 Å². The summed E-state index contributed by atoms with van der Waals surface area (Å²) in [6.45, 7) is 4.59. The highest BCUT2D eigenvalue weighted by Crippen LogP contribution is 2.06. The fourth-order valence-corrected chi connectivity index (χ4v) is 2.09. The summed E-state index contributed by atoms with van der Waals surface area (Å²) >= 11 is 0. The van der Waals surface area contributed by atoms with Crippen molar-refractivity contribution in [2.75, 3.05) is 13.6 Å². The molecule has 0 aliphatic heterocycles. The molecule has 0 spiro atoms. The lowest BCUT2D eigenvalue weighted by molar-refractivity contribution is -0.122. The van der Waals surface area contributed by atoms with Crippen molar-refractivity contribution in [3.63, 3.8) is 0 Å². The van der Waals surface area contributed by atoms with Gasteiger partial charge in [-0.15, -0.1) is 12.4 Å². The quantitative estimate of drug-likeness (QED) is 0.709. The molecule has 0 aromatic heterocycles. The SMILES string of the molecule is CNC(=O)c1cccc(CCNC(=O)[C@@H](N)CC(C)C)c1.Cl. The standard InChI is InChI=1S/C16H25N3O2.ClH/c1-11(2)9-14(17)16(21)19-8-7-12-5-4-6-13(10-12)15(20)18-3;/h4-6,10-11,14H,7-9,17H2,1-3H3,(H,18,20)(H,19,21);1H/t14-;/m0./s1. The number of nitrogens with two attached hydrogens (primary N) is 1. The molecular weight excluding hydrogens is 302 g/mol. The van der Waals surface area contributed by atoms with E-state index in [1.54, 1.807) is 13.1 Å². The Morgan fingerprint density at radius 2 is 1.95 bits per heavy atom. The molecular formula is C16H26ClN3O2. The minimum absolute atomic E-state index is 0. The Morgan fingerprint density at radius 1 is 1.27 bits per heavy atom. The van der Waals surface area contributed by atoms with Crippen LogP contribution in [0.5, 0.6) is 0 Å². The van der Waals surface area contributed by atoms with Gasteiger partial charge in [0, 0.05) is 19.2 Å². The van der Waals surface area contributed by atoms with Gasteiger partial charge in [-0.1, -0.05) is 26.0 Å². The van der Waals surface area contributed by atoms with Gasteiger partial charge in [-0.25, -0.2) is 0 Å². The number of nitrogens with one attached hydrogen (secondary N) is 2. The zero-order valence-corrected chi connectivity index (χ0v) is 14.2. The van der Waals surface area contributed by atoms with Crippen molar-refractivity contribution in [1.29, 1.82) is 0 Å². The predicted molar refractivity (Wildman–Crippen MR) is 91.2 cm³/mol. The molecule has 0 heterocycles. The molecule has 1 aromatic carbocycles. The Balaban J connectivity index is 0.00000441. The average molecular weight is 328 g/mol. The first kappa shape index (κ1) is 20.4. The maximum Gasteiger partial charge on any atom is 0.251 e. The second-order valence-corrected chi connectivity index (χ2v) is 5.56. The second kappa shape index (κ2) is 10.2. The molecule has 124 valence electrons. The van der Waals surface area contributed by atoms with Crippen LogP contribution in [0.15, 0.2) is 24.3 Å². The Morgan fingerprint density at radius 3 is 2.55 bits per heavy atom. The van der Waals surface area contributed by atoms with Gasteiger partial charge in [-0.3, -0.25) is 9.59 Å². The van der Waals surface area contributed by atoms with Gasteiger partial charge in [0.2, 0.25) is 5.91 Å². The van der Waals surface area contributed by atoms with Gasteiger partial charge >= 0.3 is 0 Å². The molecule has 0 aliphatic rings. The van der Waals surface area contributed by atoms with E-state index in [9.17, 15) is 9.59 Å². The van der Waals surface area contributed by atoms with Crippen molar-refractivity contribution >= 4 is 24.2 Å². The maximum atomic E-state index is 11.8. The van der Waals surface area contributed by atoms with E-state index in [1.165, 1.54) is 0 Å². The Kier molecular flexibility index (Phi) is 9.45.